The highest BCUT2D eigenvalue weighted by Gasteiger charge is 2.28. The number of ether oxygens (including phenoxy) is 1. The SMILES string of the molecule is COc1ccc([C@@H]2CN(CC(=O)N3CCCCC3)CCN2C)cc1. The van der Waals surface area contributed by atoms with E-state index in [1.165, 1.54) is 12.0 Å². The normalized spacial score (nSPS) is 23.2. The number of rotatable bonds is 4. The number of amides is 1. The molecule has 0 spiro atoms. The molecule has 0 radical (unpaired) electrons. The number of carbonyl (C=O) groups is 1. The molecule has 1 atom stereocenters. The van der Waals surface area contributed by atoms with E-state index in [9.17, 15) is 4.79 Å². The minimum atomic E-state index is 0.299. The fourth-order valence-corrected chi connectivity index (χ4v) is 3.69. The molecule has 2 heterocycles. The van der Waals surface area contributed by atoms with Crippen molar-refractivity contribution in [1.29, 1.82) is 0 Å². The van der Waals surface area contributed by atoms with Crippen LogP contribution in [0.15, 0.2) is 24.3 Å². The number of carbonyl (C=O) groups excluding carboxylic acids is 1. The highest BCUT2D eigenvalue weighted by Crippen LogP contribution is 2.25. The highest BCUT2D eigenvalue weighted by atomic mass is 16.5. The quantitative estimate of drug-likeness (QED) is 0.845. The van der Waals surface area contributed by atoms with E-state index in [1.807, 2.05) is 17.0 Å². The Morgan fingerprint density at radius 3 is 2.46 bits per heavy atom. The summed E-state index contributed by atoms with van der Waals surface area (Å²) < 4.78 is 5.25. The Kier molecular flexibility index (Phi) is 5.74. The van der Waals surface area contributed by atoms with E-state index in [0.717, 1.165) is 51.3 Å². The van der Waals surface area contributed by atoms with E-state index < -0.39 is 0 Å². The third kappa shape index (κ3) is 4.08. The Morgan fingerprint density at radius 1 is 1.08 bits per heavy atom. The molecule has 2 aliphatic heterocycles. The van der Waals surface area contributed by atoms with E-state index in [4.69, 9.17) is 4.74 Å². The van der Waals surface area contributed by atoms with Gasteiger partial charge in [0.25, 0.3) is 0 Å². The van der Waals surface area contributed by atoms with Gasteiger partial charge in [0.1, 0.15) is 5.75 Å². The van der Waals surface area contributed by atoms with Crippen LogP contribution in [0.3, 0.4) is 0 Å². The molecule has 2 aliphatic rings. The monoisotopic (exact) mass is 331 g/mol. The van der Waals surface area contributed by atoms with Crippen molar-refractivity contribution in [2.24, 2.45) is 0 Å². The molecule has 3 rings (SSSR count). The van der Waals surface area contributed by atoms with E-state index in [1.54, 1.807) is 7.11 Å². The fourth-order valence-electron chi connectivity index (χ4n) is 3.69. The van der Waals surface area contributed by atoms with Crippen LogP contribution in [0.5, 0.6) is 5.75 Å². The zero-order valence-corrected chi connectivity index (χ0v) is 14.9. The van der Waals surface area contributed by atoms with Gasteiger partial charge in [-0.25, -0.2) is 0 Å². The molecule has 1 aromatic carbocycles. The zero-order chi connectivity index (χ0) is 16.9. The Labute approximate surface area is 145 Å². The Bertz CT molecular complexity index is 540. The minimum Gasteiger partial charge on any atom is -0.497 e. The van der Waals surface area contributed by atoms with Crippen LogP contribution in [0.25, 0.3) is 0 Å². The molecule has 1 aromatic rings. The van der Waals surface area contributed by atoms with Crippen molar-refractivity contribution in [2.45, 2.75) is 25.3 Å². The van der Waals surface area contributed by atoms with Gasteiger partial charge in [-0.15, -0.1) is 0 Å². The summed E-state index contributed by atoms with van der Waals surface area (Å²) in [5.74, 6) is 1.18. The molecule has 0 aliphatic carbocycles. The van der Waals surface area contributed by atoms with E-state index >= 15 is 0 Å². The number of nitrogens with zero attached hydrogens (tertiary/aromatic N) is 3. The second kappa shape index (κ2) is 7.99. The van der Waals surface area contributed by atoms with E-state index in [0.29, 0.717) is 18.5 Å². The first-order chi connectivity index (χ1) is 11.7. The van der Waals surface area contributed by atoms with Crippen LogP contribution in [-0.2, 0) is 4.79 Å². The van der Waals surface area contributed by atoms with Crippen molar-refractivity contribution in [3.05, 3.63) is 29.8 Å². The molecule has 0 unspecified atom stereocenters. The number of methoxy groups -OCH3 is 1. The lowest BCUT2D eigenvalue weighted by Gasteiger charge is -2.40. The molecular formula is C19H29N3O2. The number of hydrogen-bond acceptors (Lipinski definition) is 4. The van der Waals surface area contributed by atoms with Gasteiger partial charge in [-0.1, -0.05) is 12.1 Å². The van der Waals surface area contributed by atoms with Crippen molar-refractivity contribution >= 4 is 5.91 Å². The standard InChI is InChI=1S/C19H29N3O2/c1-20-12-13-21(15-19(23)22-10-4-3-5-11-22)14-18(20)16-6-8-17(24-2)9-7-16/h6-9,18H,3-5,10-15H2,1-2H3/t18-/m0/s1. The van der Waals surface area contributed by atoms with Gasteiger partial charge in [0.15, 0.2) is 0 Å². The number of piperazine rings is 1. The van der Waals surface area contributed by atoms with Crippen LogP contribution in [0.4, 0.5) is 0 Å². The molecular weight excluding hydrogens is 302 g/mol. The van der Waals surface area contributed by atoms with Crippen LogP contribution in [-0.4, -0.2) is 74.0 Å². The smallest absolute Gasteiger partial charge is 0.236 e. The first kappa shape index (κ1) is 17.2. The number of likely N-dealkylation sites (tertiary alicyclic amines) is 1. The Balaban J connectivity index is 1.60. The third-order valence-corrected chi connectivity index (χ3v) is 5.30. The summed E-state index contributed by atoms with van der Waals surface area (Å²) in [5.41, 5.74) is 1.29. The van der Waals surface area contributed by atoms with Crippen molar-refractivity contribution < 1.29 is 9.53 Å². The average Bonchev–Trinajstić information content (AvgIpc) is 2.64. The summed E-state index contributed by atoms with van der Waals surface area (Å²) in [6.07, 6.45) is 3.57. The second-order valence-electron chi connectivity index (χ2n) is 6.95. The van der Waals surface area contributed by atoms with Crippen molar-refractivity contribution in [1.82, 2.24) is 14.7 Å². The predicted molar refractivity (Wildman–Crippen MR) is 95.2 cm³/mol. The molecule has 24 heavy (non-hydrogen) atoms. The fraction of sp³-hybridized carbons (Fsp3) is 0.632. The third-order valence-electron chi connectivity index (χ3n) is 5.30. The van der Waals surface area contributed by atoms with Crippen molar-refractivity contribution in [3.8, 4) is 5.75 Å². The van der Waals surface area contributed by atoms with Gasteiger partial charge in [-0.05, 0) is 44.0 Å². The second-order valence-corrected chi connectivity index (χ2v) is 6.95. The largest absolute Gasteiger partial charge is 0.497 e. The number of benzene rings is 1. The van der Waals surface area contributed by atoms with Crippen LogP contribution >= 0.6 is 0 Å². The molecule has 0 bridgehead atoms. The lowest BCUT2D eigenvalue weighted by molar-refractivity contribution is -0.134. The molecule has 0 N–H and O–H groups in total. The van der Waals surface area contributed by atoms with Gasteiger partial charge in [-0.2, -0.15) is 0 Å². The Morgan fingerprint density at radius 2 is 1.79 bits per heavy atom. The van der Waals surface area contributed by atoms with Crippen LogP contribution in [0.1, 0.15) is 30.9 Å². The number of piperidine rings is 1. The van der Waals surface area contributed by atoms with E-state index in [-0.39, 0.29) is 0 Å². The maximum absolute atomic E-state index is 12.5. The van der Waals surface area contributed by atoms with Gasteiger partial charge in [0.2, 0.25) is 5.91 Å². The van der Waals surface area contributed by atoms with Gasteiger partial charge in [0, 0.05) is 38.8 Å². The number of likely N-dealkylation sites (N-methyl/N-ethyl adjacent to an activating group) is 1. The van der Waals surface area contributed by atoms with Crippen molar-refractivity contribution in [2.75, 3.05) is 53.4 Å². The van der Waals surface area contributed by atoms with Gasteiger partial charge in [0.05, 0.1) is 13.7 Å². The number of hydrogen-bond donors (Lipinski definition) is 0. The van der Waals surface area contributed by atoms with Gasteiger partial charge >= 0.3 is 0 Å². The predicted octanol–water partition coefficient (Wildman–Crippen LogP) is 2.00. The molecule has 1 amide bonds. The van der Waals surface area contributed by atoms with E-state index in [2.05, 4.69) is 29.0 Å². The molecule has 2 saturated heterocycles. The van der Waals surface area contributed by atoms with Gasteiger partial charge in [-0.3, -0.25) is 14.6 Å². The topological polar surface area (TPSA) is 36.0 Å². The molecule has 5 heteroatoms. The first-order valence-corrected chi connectivity index (χ1v) is 9.01. The van der Waals surface area contributed by atoms with Crippen LogP contribution in [0.2, 0.25) is 0 Å². The molecule has 5 nitrogen and oxygen atoms in total. The summed E-state index contributed by atoms with van der Waals surface area (Å²) >= 11 is 0. The van der Waals surface area contributed by atoms with Crippen molar-refractivity contribution in [3.63, 3.8) is 0 Å². The molecule has 0 saturated carbocycles. The van der Waals surface area contributed by atoms with Crippen LogP contribution in [0, 0.1) is 0 Å². The summed E-state index contributed by atoms with van der Waals surface area (Å²) in [7, 11) is 3.86. The van der Waals surface area contributed by atoms with Crippen LogP contribution < -0.4 is 4.74 Å². The summed E-state index contributed by atoms with van der Waals surface area (Å²) in [5, 5.41) is 0. The minimum absolute atomic E-state index is 0.299. The summed E-state index contributed by atoms with van der Waals surface area (Å²) in [6, 6.07) is 8.63. The first-order valence-electron chi connectivity index (χ1n) is 9.01. The lowest BCUT2D eigenvalue weighted by atomic mass is 10.0. The molecule has 132 valence electrons. The molecule has 2 fully saturated rings. The zero-order valence-electron chi connectivity index (χ0n) is 14.9. The Hall–Kier alpha value is -1.59. The summed E-state index contributed by atoms with van der Waals surface area (Å²) in [6.45, 7) is 5.29. The van der Waals surface area contributed by atoms with Gasteiger partial charge < -0.3 is 9.64 Å². The average molecular weight is 331 g/mol. The molecule has 0 aromatic heterocycles. The maximum atomic E-state index is 12.5. The maximum Gasteiger partial charge on any atom is 0.236 e. The highest BCUT2D eigenvalue weighted by molar-refractivity contribution is 5.78. The summed E-state index contributed by atoms with van der Waals surface area (Å²) in [4.78, 5) is 19.3. The lowest BCUT2D eigenvalue weighted by Crippen LogP contribution is -2.50.